The van der Waals surface area contributed by atoms with Crippen molar-refractivity contribution in [3.63, 3.8) is 0 Å². The van der Waals surface area contributed by atoms with Crippen LogP contribution in [0, 0.1) is 0 Å². The summed E-state index contributed by atoms with van der Waals surface area (Å²) in [6, 6.07) is 16.2. The number of cyclic esters (lactones) is 1. The van der Waals surface area contributed by atoms with Crippen LogP contribution in [0.2, 0.25) is 0 Å². The number of nitrogens with one attached hydrogen (secondary N) is 2. The van der Waals surface area contributed by atoms with Crippen molar-refractivity contribution in [1.29, 1.82) is 0 Å². The van der Waals surface area contributed by atoms with E-state index in [4.69, 9.17) is 4.74 Å². The number of amides is 2. The number of ether oxygens (including phenoxy) is 1. The first-order valence-corrected chi connectivity index (χ1v) is 9.58. The minimum Gasteiger partial charge on any atom is -0.447 e. The minimum atomic E-state index is -0.363. The summed E-state index contributed by atoms with van der Waals surface area (Å²) < 4.78 is 4.92. The number of aromatic nitrogens is 2. The summed E-state index contributed by atoms with van der Waals surface area (Å²) in [6.45, 7) is 5.15. The van der Waals surface area contributed by atoms with Crippen molar-refractivity contribution in [2.45, 2.75) is 20.3 Å². The SMILES string of the molecule is CCC.O=C(Nc1cccc(-c2ccn[nH]2)c1)c1ccc(N2CCOC2=O)cc1. The molecule has 7 nitrogen and oxygen atoms in total. The summed E-state index contributed by atoms with van der Waals surface area (Å²) in [5.41, 5.74) is 3.72. The summed E-state index contributed by atoms with van der Waals surface area (Å²) >= 11 is 0. The first kappa shape index (κ1) is 20.1. The maximum atomic E-state index is 12.5. The van der Waals surface area contributed by atoms with Crippen LogP contribution in [0.15, 0.2) is 60.8 Å². The Morgan fingerprint density at radius 3 is 2.55 bits per heavy atom. The number of hydrogen-bond acceptors (Lipinski definition) is 4. The van der Waals surface area contributed by atoms with E-state index in [9.17, 15) is 9.59 Å². The van der Waals surface area contributed by atoms with Gasteiger partial charge in [-0.1, -0.05) is 32.4 Å². The molecular formula is C22H24N4O3. The molecule has 7 heteroatoms. The van der Waals surface area contributed by atoms with Gasteiger partial charge in [-0.3, -0.25) is 14.8 Å². The fourth-order valence-corrected chi connectivity index (χ4v) is 2.81. The molecule has 1 aliphatic heterocycles. The molecular weight excluding hydrogens is 368 g/mol. The van der Waals surface area contributed by atoms with Crippen LogP contribution >= 0.6 is 0 Å². The number of nitrogens with zero attached hydrogens (tertiary/aromatic N) is 2. The number of H-pyrrole nitrogens is 1. The van der Waals surface area contributed by atoms with E-state index in [1.807, 2.05) is 30.3 Å². The van der Waals surface area contributed by atoms with E-state index in [2.05, 4.69) is 29.4 Å². The van der Waals surface area contributed by atoms with Crippen LogP contribution in [-0.4, -0.2) is 35.3 Å². The number of carbonyl (C=O) groups excluding carboxylic acids is 2. The second-order valence-corrected chi connectivity index (χ2v) is 6.53. The van der Waals surface area contributed by atoms with Crippen molar-refractivity contribution >= 4 is 23.4 Å². The van der Waals surface area contributed by atoms with E-state index in [-0.39, 0.29) is 12.0 Å². The van der Waals surface area contributed by atoms with Crippen LogP contribution in [0.5, 0.6) is 0 Å². The lowest BCUT2D eigenvalue weighted by atomic mass is 10.1. The fourth-order valence-electron chi connectivity index (χ4n) is 2.81. The van der Waals surface area contributed by atoms with Crippen molar-refractivity contribution in [2.24, 2.45) is 0 Å². The molecule has 2 aromatic carbocycles. The van der Waals surface area contributed by atoms with E-state index in [0.29, 0.717) is 30.1 Å². The molecule has 0 bridgehead atoms. The molecule has 0 radical (unpaired) electrons. The lowest BCUT2D eigenvalue weighted by Crippen LogP contribution is -2.23. The molecule has 4 rings (SSSR count). The molecule has 2 heterocycles. The van der Waals surface area contributed by atoms with Crippen LogP contribution in [0.4, 0.5) is 16.2 Å². The Labute approximate surface area is 169 Å². The van der Waals surface area contributed by atoms with Gasteiger partial charge in [0.05, 0.1) is 12.2 Å². The number of anilines is 2. The van der Waals surface area contributed by atoms with Crippen molar-refractivity contribution in [3.8, 4) is 11.3 Å². The molecule has 1 aliphatic rings. The maximum Gasteiger partial charge on any atom is 0.414 e. The summed E-state index contributed by atoms with van der Waals surface area (Å²) in [4.78, 5) is 25.6. The zero-order chi connectivity index (χ0) is 20.6. The van der Waals surface area contributed by atoms with Gasteiger partial charge in [0.2, 0.25) is 0 Å². The second-order valence-electron chi connectivity index (χ2n) is 6.53. The highest BCUT2D eigenvalue weighted by Crippen LogP contribution is 2.22. The largest absolute Gasteiger partial charge is 0.447 e. The molecule has 0 saturated carbocycles. The molecule has 3 aromatic rings. The summed E-state index contributed by atoms with van der Waals surface area (Å²) in [5.74, 6) is -0.220. The van der Waals surface area contributed by atoms with E-state index in [0.717, 1.165) is 11.3 Å². The molecule has 2 N–H and O–H groups in total. The van der Waals surface area contributed by atoms with Gasteiger partial charge in [0, 0.05) is 28.7 Å². The van der Waals surface area contributed by atoms with Gasteiger partial charge < -0.3 is 10.1 Å². The average Bonchev–Trinajstić information content (AvgIpc) is 3.41. The van der Waals surface area contributed by atoms with Gasteiger partial charge in [0.15, 0.2) is 0 Å². The van der Waals surface area contributed by atoms with E-state index >= 15 is 0 Å². The molecule has 1 fully saturated rings. The summed E-state index contributed by atoms with van der Waals surface area (Å²) in [7, 11) is 0. The van der Waals surface area contributed by atoms with Crippen LogP contribution in [0.1, 0.15) is 30.6 Å². The monoisotopic (exact) mass is 392 g/mol. The highest BCUT2D eigenvalue weighted by molar-refractivity contribution is 6.05. The Hall–Kier alpha value is -3.61. The van der Waals surface area contributed by atoms with Gasteiger partial charge in [0.25, 0.3) is 5.91 Å². The van der Waals surface area contributed by atoms with Gasteiger partial charge in [-0.2, -0.15) is 5.10 Å². The Kier molecular flexibility index (Phi) is 6.63. The third-order valence-corrected chi connectivity index (χ3v) is 4.13. The summed E-state index contributed by atoms with van der Waals surface area (Å²) in [5, 5.41) is 9.71. The summed E-state index contributed by atoms with van der Waals surface area (Å²) in [6.07, 6.45) is 2.57. The predicted molar refractivity (Wildman–Crippen MR) is 113 cm³/mol. The quantitative estimate of drug-likeness (QED) is 0.674. The standard InChI is InChI=1S/C19H16N4O3.C3H8/c24-18(13-4-6-16(7-5-13)23-10-11-26-19(23)25)21-15-3-1-2-14(12-15)17-8-9-20-22-17;1-3-2/h1-9,12H,10-11H2,(H,20,22)(H,21,24);3H2,1-2H3. The third-order valence-electron chi connectivity index (χ3n) is 4.13. The number of benzene rings is 2. The topological polar surface area (TPSA) is 87.3 Å². The zero-order valence-corrected chi connectivity index (χ0v) is 16.5. The lowest BCUT2D eigenvalue weighted by Gasteiger charge is -2.13. The maximum absolute atomic E-state index is 12.5. The minimum absolute atomic E-state index is 0.220. The molecule has 0 unspecified atom stereocenters. The molecule has 1 saturated heterocycles. The Morgan fingerprint density at radius 2 is 1.93 bits per heavy atom. The normalized spacial score (nSPS) is 12.8. The van der Waals surface area contributed by atoms with Crippen molar-refractivity contribution in [1.82, 2.24) is 10.2 Å². The molecule has 0 aliphatic carbocycles. The first-order chi connectivity index (χ1) is 14.1. The van der Waals surface area contributed by atoms with Crippen LogP contribution in [-0.2, 0) is 4.74 Å². The van der Waals surface area contributed by atoms with Gasteiger partial charge in [0.1, 0.15) is 6.61 Å². The van der Waals surface area contributed by atoms with Crippen molar-refractivity contribution < 1.29 is 14.3 Å². The molecule has 150 valence electrons. The van der Waals surface area contributed by atoms with Gasteiger partial charge in [-0.15, -0.1) is 0 Å². The molecule has 29 heavy (non-hydrogen) atoms. The van der Waals surface area contributed by atoms with Gasteiger partial charge >= 0.3 is 6.09 Å². The fraction of sp³-hybridized carbons (Fsp3) is 0.227. The molecule has 1 aromatic heterocycles. The highest BCUT2D eigenvalue weighted by atomic mass is 16.6. The lowest BCUT2D eigenvalue weighted by molar-refractivity contribution is 0.102. The molecule has 2 amide bonds. The van der Waals surface area contributed by atoms with Crippen LogP contribution in [0.3, 0.4) is 0 Å². The Morgan fingerprint density at radius 1 is 1.17 bits per heavy atom. The number of rotatable bonds is 4. The molecule has 0 spiro atoms. The van der Waals surface area contributed by atoms with Crippen molar-refractivity contribution in [3.05, 3.63) is 66.4 Å². The predicted octanol–water partition coefficient (Wildman–Crippen LogP) is 4.70. The molecule has 0 atom stereocenters. The second kappa shape index (κ2) is 9.54. The Balaban J connectivity index is 0.000000755. The smallest absolute Gasteiger partial charge is 0.414 e. The van der Waals surface area contributed by atoms with Crippen molar-refractivity contribution in [2.75, 3.05) is 23.4 Å². The van der Waals surface area contributed by atoms with Crippen LogP contribution in [0.25, 0.3) is 11.3 Å². The average molecular weight is 392 g/mol. The highest BCUT2D eigenvalue weighted by Gasteiger charge is 2.23. The number of carbonyl (C=O) groups is 2. The van der Waals surface area contributed by atoms with E-state index in [1.165, 1.54) is 11.3 Å². The van der Waals surface area contributed by atoms with E-state index in [1.54, 1.807) is 30.5 Å². The first-order valence-electron chi connectivity index (χ1n) is 9.58. The number of hydrogen-bond donors (Lipinski definition) is 2. The van der Waals surface area contributed by atoms with Crippen LogP contribution < -0.4 is 10.2 Å². The van der Waals surface area contributed by atoms with Gasteiger partial charge in [-0.25, -0.2) is 4.79 Å². The van der Waals surface area contributed by atoms with E-state index < -0.39 is 0 Å². The zero-order valence-electron chi connectivity index (χ0n) is 16.5. The third kappa shape index (κ3) is 5.01. The van der Waals surface area contributed by atoms with Gasteiger partial charge in [-0.05, 0) is 42.5 Å². The number of aromatic amines is 1. The Bertz CT molecular complexity index is 952.